The highest BCUT2D eigenvalue weighted by molar-refractivity contribution is 7.92. The minimum Gasteiger partial charge on any atom is -0.508 e. The Hall–Kier alpha value is -2.65. The molecule has 3 aromatic carbocycles. The molecule has 0 atom stereocenters. The summed E-state index contributed by atoms with van der Waals surface area (Å²) in [6, 6.07) is 17.3. The van der Waals surface area contributed by atoms with Gasteiger partial charge < -0.3 is 14.9 Å². The van der Waals surface area contributed by atoms with Crippen molar-refractivity contribution in [2.45, 2.75) is 4.90 Å². The largest absolute Gasteiger partial charge is 0.508 e. The molecule has 3 aromatic rings. The van der Waals surface area contributed by atoms with E-state index in [-0.39, 0.29) is 45.2 Å². The highest BCUT2D eigenvalue weighted by Gasteiger charge is 2.24. The number of benzene rings is 3. The lowest BCUT2D eigenvalue weighted by molar-refractivity contribution is 0.0746. The number of anilines is 2. The van der Waals surface area contributed by atoms with Gasteiger partial charge in [0.15, 0.2) is 0 Å². The third-order valence-electron chi connectivity index (χ3n) is 5.35. The topological polar surface area (TPSA) is 90.0 Å². The van der Waals surface area contributed by atoms with E-state index >= 15 is 0 Å². The van der Waals surface area contributed by atoms with Gasteiger partial charge in [0.05, 0.1) is 15.6 Å². The molecule has 1 fully saturated rings. The number of amides is 1. The molecule has 1 saturated heterocycles. The summed E-state index contributed by atoms with van der Waals surface area (Å²) < 4.78 is 28.2. The first-order valence-electron chi connectivity index (χ1n) is 10.1. The van der Waals surface area contributed by atoms with Gasteiger partial charge in [0.2, 0.25) is 0 Å². The predicted octanol–water partition coefficient (Wildman–Crippen LogP) is 4.88. The number of carbonyl (C=O) groups is 1. The minimum absolute atomic E-state index is 0. The number of phenolic OH excluding ortho intramolecular Hbond substituents is 1. The van der Waals surface area contributed by atoms with Gasteiger partial charge in [-0.1, -0.05) is 29.3 Å². The highest BCUT2D eigenvalue weighted by atomic mass is 35.5. The summed E-state index contributed by atoms with van der Waals surface area (Å²) in [5.41, 5.74) is 1.41. The van der Waals surface area contributed by atoms with Crippen molar-refractivity contribution in [3.8, 4) is 5.75 Å². The summed E-state index contributed by atoms with van der Waals surface area (Å²) in [6.07, 6.45) is 0. The molecule has 1 heterocycles. The molecule has 34 heavy (non-hydrogen) atoms. The van der Waals surface area contributed by atoms with Crippen LogP contribution in [-0.2, 0) is 10.0 Å². The molecule has 0 unspecified atom stereocenters. The van der Waals surface area contributed by atoms with Crippen LogP contribution in [0.2, 0.25) is 10.0 Å². The smallest absolute Gasteiger partial charge is 0.261 e. The Balaban J connectivity index is 0.00000324. The number of sulfonamides is 1. The van der Waals surface area contributed by atoms with Crippen molar-refractivity contribution >= 4 is 62.9 Å². The summed E-state index contributed by atoms with van der Waals surface area (Å²) >= 11 is 12.0. The van der Waals surface area contributed by atoms with Crippen LogP contribution in [0, 0.1) is 0 Å². The van der Waals surface area contributed by atoms with Gasteiger partial charge in [0, 0.05) is 42.5 Å². The molecular weight excluding hydrogens is 521 g/mol. The van der Waals surface area contributed by atoms with Crippen LogP contribution in [0.5, 0.6) is 5.75 Å². The monoisotopic (exact) mass is 541 g/mol. The van der Waals surface area contributed by atoms with Crippen LogP contribution in [0.4, 0.5) is 11.4 Å². The van der Waals surface area contributed by atoms with E-state index in [0.717, 1.165) is 5.69 Å². The van der Waals surface area contributed by atoms with E-state index in [0.29, 0.717) is 31.2 Å². The fraction of sp³-hybridized carbons (Fsp3) is 0.174. The van der Waals surface area contributed by atoms with Crippen LogP contribution in [-0.4, -0.2) is 50.5 Å². The van der Waals surface area contributed by atoms with Gasteiger partial charge in [-0.2, -0.15) is 0 Å². The Labute approximate surface area is 214 Å². The molecular formula is C23H22Cl3N3O4S. The third kappa shape index (κ3) is 5.88. The van der Waals surface area contributed by atoms with Crippen molar-refractivity contribution in [2.24, 2.45) is 0 Å². The van der Waals surface area contributed by atoms with E-state index in [2.05, 4.69) is 9.62 Å². The number of rotatable bonds is 5. The van der Waals surface area contributed by atoms with Gasteiger partial charge in [-0.15, -0.1) is 12.4 Å². The Morgan fingerprint density at radius 2 is 1.59 bits per heavy atom. The lowest BCUT2D eigenvalue weighted by atomic mass is 10.1. The number of piperazine rings is 1. The predicted molar refractivity (Wildman–Crippen MR) is 137 cm³/mol. The van der Waals surface area contributed by atoms with Crippen LogP contribution in [0.3, 0.4) is 0 Å². The summed E-state index contributed by atoms with van der Waals surface area (Å²) in [6.45, 7) is 2.24. The lowest BCUT2D eigenvalue weighted by Gasteiger charge is -2.36. The van der Waals surface area contributed by atoms with Crippen LogP contribution < -0.4 is 9.62 Å². The highest BCUT2D eigenvalue weighted by Crippen LogP contribution is 2.28. The van der Waals surface area contributed by atoms with Gasteiger partial charge in [-0.05, 0) is 60.7 Å². The van der Waals surface area contributed by atoms with E-state index in [1.807, 2.05) is 12.1 Å². The average molecular weight is 543 g/mol. The molecule has 0 saturated carbocycles. The van der Waals surface area contributed by atoms with Crippen molar-refractivity contribution in [1.82, 2.24) is 4.90 Å². The van der Waals surface area contributed by atoms with E-state index in [4.69, 9.17) is 23.2 Å². The minimum atomic E-state index is -3.98. The summed E-state index contributed by atoms with van der Waals surface area (Å²) in [7, 11) is -3.98. The first kappa shape index (κ1) is 26.0. The Morgan fingerprint density at radius 1 is 0.912 bits per heavy atom. The maximum atomic E-state index is 13.0. The van der Waals surface area contributed by atoms with E-state index < -0.39 is 10.0 Å². The van der Waals surface area contributed by atoms with Crippen molar-refractivity contribution in [3.63, 3.8) is 0 Å². The summed E-state index contributed by atoms with van der Waals surface area (Å²) in [5.74, 6) is -0.0345. The molecule has 0 radical (unpaired) electrons. The quantitative estimate of drug-likeness (QED) is 0.479. The summed E-state index contributed by atoms with van der Waals surface area (Å²) in [5, 5.41) is 10.0. The second-order valence-electron chi connectivity index (χ2n) is 7.55. The Kier molecular flexibility index (Phi) is 8.20. The van der Waals surface area contributed by atoms with Crippen LogP contribution >= 0.6 is 35.6 Å². The number of aromatic hydroxyl groups is 1. The number of nitrogens with zero attached hydrogens (tertiary/aromatic N) is 2. The van der Waals surface area contributed by atoms with Crippen LogP contribution in [0.1, 0.15) is 10.4 Å². The first-order chi connectivity index (χ1) is 15.7. The molecule has 0 aromatic heterocycles. The number of phenols is 1. The second kappa shape index (κ2) is 10.7. The molecule has 0 spiro atoms. The van der Waals surface area contributed by atoms with Gasteiger partial charge in [-0.3, -0.25) is 9.52 Å². The van der Waals surface area contributed by atoms with Crippen molar-refractivity contribution < 1.29 is 18.3 Å². The number of nitrogens with one attached hydrogen (secondary N) is 1. The van der Waals surface area contributed by atoms with Crippen molar-refractivity contribution in [1.29, 1.82) is 0 Å². The maximum Gasteiger partial charge on any atom is 0.261 e. The zero-order valence-corrected chi connectivity index (χ0v) is 21.0. The fourth-order valence-electron chi connectivity index (χ4n) is 3.59. The third-order valence-corrected chi connectivity index (χ3v) is 7.27. The van der Waals surface area contributed by atoms with Gasteiger partial charge in [0.25, 0.3) is 15.9 Å². The van der Waals surface area contributed by atoms with Gasteiger partial charge in [0.1, 0.15) is 5.75 Å². The number of carbonyl (C=O) groups excluding carboxylic acids is 1. The van der Waals surface area contributed by atoms with Crippen LogP contribution in [0.25, 0.3) is 0 Å². The van der Waals surface area contributed by atoms with Crippen molar-refractivity contribution in [3.05, 3.63) is 82.3 Å². The molecule has 0 bridgehead atoms. The van der Waals surface area contributed by atoms with E-state index in [1.54, 1.807) is 29.2 Å². The number of hydrogen-bond donors (Lipinski definition) is 2. The van der Waals surface area contributed by atoms with E-state index in [1.165, 1.54) is 30.3 Å². The Bertz CT molecular complexity index is 1280. The average Bonchev–Trinajstić information content (AvgIpc) is 2.81. The molecule has 7 nitrogen and oxygen atoms in total. The van der Waals surface area contributed by atoms with Crippen LogP contribution in [0.15, 0.2) is 71.6 Å². The zero-order chi connectivity index (χ0) is 23.6. The van der Waals surface area contributed by atoms with Gasteiger partial charge in [-0.25, -0.2) is 8.42 Å². The first-order valence-corrected chi connectivity index (χ1v) is 12.4. The molecule has 11 heteroatoms. The molecule has 0 aliphatic carbocycles. The lowest BCUT2D eigenvalue weighted by Crippen LogP contribution is -2.48. The van der Waals surface area contributed by atoms with E-state index in [9.17, 15) is 18.3 Å². The van der Waals surface area contributed by atoms with Crippen molar-refractivity contribution in [2.75, 3.05) is 35.8 Å². The number of halogens is 3. The molecule has 1 amide bonds. The van der Waals surface area contributed by atoms with Gasteiger partial charge >= 0.3 is 0 Å². The SMILES string of the molecule is Cl.O=C(c1cccc(S(=O)(=O)Nc2cc(Cl)ccc2Cl)c1)N1CCN(c2ccc(O)cc2)CC1. The maximum absolute atomic E-state index is 13.0. The summed E-state index contributed by atoms with van der Waals surface area (Å²) in [4.78, 5) is 16.8. The zero-order valence-electron chi connectivity index (χ0n) is 17.8. The molecule has 180 valence electrons. The molecule has 1 aliphatic rings. The number of hydrogen-bond acceptors (Lipinski definition) is 5. The molecule has 2 N–H and O–H groups in total. The fourth-order valence-corrected chi connectivity index (χ4v) is 5.10. The standard InChI is InChI=1S/C23H21Cl2N3O4S.ClH/c24-17-4-9-21(25)22(15-17)26-33(31,32)20-3-1-2-16(14-20)23(30)28-12-10-27(11-13-28)18-5-7-19(29)8-6-18;/h1-9,14-15,26,29H,10-13H2;1H. The molecule has 1 aliphatic heterocycles. The second-order valence-corrected chi connectivity index (χ2v) is 10.1. The molecule has 4 rings (SSSR count). The normalized spacial score (nSPS) is 13.8. The Morgan fingerprint density at radius 3 is 2.26 bits per heavy atom.